The Kier molecular flexibility index (Phi) is 4.90. The summed E-state index contributed by atoms with van der Waals surface area (Å²) >= 11 is 0. The van der Waals surface area contributed by atoms with E-state index in [0.29, 0.717) is 53.2 Å². The Hall–Kier alpha value is -4.12. The van der Waals surface area contributed by atoms with E-state index in [0.717, 1.165) is 0 Å². The normalized spacial score (nSPS) is 18.2. The fourth-order valence-corrected chi connectivity index (χ4v) is 3.88. The lowest BCUT2D eigenvalue weighted by atomic mass is 9.97. The molecule has 11 heteroatoms. The second-order valence-electron chi connectivity index (χ2n) is 8.05. The van der Waals surface area contributed by atoms with Crippen molar-refractivity contribution in [1.29, 1.82) is 0 Å². The molecule has 5 heterocycles. The topological polar surface area (TPSA) is 127 Å². The number of rotatable bonds is 5. The Morgan fingerprint density at radius 3 is 2.55 bits per heavy atom. The van der Waals surface area contributed by atoms with E-state index < -0.39 is 5.60 Å². The summed E-state index contributed by atoms with van der Waals surface area (Å²) in [5, 5.41) is 22.7. The molecule has 168 valence electrons. The number of likely N-dealkylation sites (N-methyl/N-ethyl adjacent to an activating group) is 1. The molecule has 1 saturated heterocycles. The van der Waals surface area contributed by atoms with Crippen molar-refractivity contribution < 1.29 is 9.90 Å². The average molecular weight is 445 g/mol. The highest BCUT2D eigenvalue weighted by Gasteiger charge is 2.47. The summed E-state index contributed by atoms with van der Waals surface area (Å²) in [5.41, 5.74) is 1.33. The molecule has 0 bridgehead atoms. The van der Waals surface area contributed by atoms with E-state index >= 15 is 0 Å². The van der Waals surface area contributed by atoms with Crippen LogP contribution in [0.25, 0.3) is 22.8 Å². The van der Waals surface area contributed by atoms with Gasteiger partial charge in [-0.2, -0.15) is 10.2 Å². The molecule has 0 aliphatic carbocycles. The van der Waals surface area contributed by atoms with Gasteiger partial charge in [0.05, 0.1) is 22.8 Å². The number of amides is 1. The van der Waals surface area contributed by atoms with Crippen LogP contribution in [-0.2, 0) is 24.5 Å². The van der Waals surface area contributed by atoms with Gasteiger partial charge in [0.2, 0.25) is 5.95 Å². The number of hydrogen-bond acceptors (Lipinski definition) is 8. The zero-order valence-electron chi connectivity index (χ0n) is 18.5. The van der Waals surface area contributed by atoms with Crippen molar-refractivity contribution in [1.82, 2.24) is 39.4 Å². The molecule has 1 fully saturated rings. The summed E-state index contributed by atoms with van der Waals surface area (Å²) in [6, 6.07) is 10.9. The molecule has 11 nitrogen and oxygen atoms in total. The van der Waals surface area contributed by atoms with E-state index in [9.17, 15) is 9.90 Å². The van der Waals surface area contributed by atoms with Crippen molar-refractivity contribution in [3.05, 3.63) is 54.5 Å². The first-order valence-corrected chi connectivity index (χ1v) is 10.4. The summed E-state index contributed by atoms with van der Waals surface area (Å²) in [6.07, 6.45) is 3.79. The first kappa shape index (κ1) is 20.8. The molecule has 1 aliphatic rings. The number of anilines is 2. The van der Waals surface area contributed by atoms with Crippen LogP contribution in [0, 0.1) is 0 Å². The molecular formula is C22H23N9O2. The maximum absolute atomic E-state index is 12.5. The largest absolute Gasteiger partial charge is 0.374 e. The number of nitrogens with zero attached hydrogens (tertiary/aromatic N) is 8. The van der Waals surface area contributed by atoms with E-state index in [-0.39, 0.29) is 5.91 Å². The van der Waals surface area contributed by atoms with Crippen LogP contribution in [0.3, 0.4) is 0 Å². The third-order valence-corrected chi connectivity index (χ3v) is 5.70. The van der Waals surface area contributed by atoms with Gasteiger partial charge in [0.25, 0.3) is 5.91 Å². The summed E-state index contributed by atoms with van der Waals surface area (Å²) in [4.78, 5) is 27.5. The van der Waals surface area contributed by atoms with Gasteiger partial charge in [0.15, 0.2) is 11.4 Å². The Balaban J connectivity index is 1.45. The van der Waals surface area contributed by atoms with Gasteiger partial charge in [0.1, 0.15) is 5.69 Å². The fraction of sp³-hybridized carbons (Fsp3) is 0.273. The SMILES string of the molecule is CN1CC[C@@](O)(c2cc(-c3cccc(-c4ccnc(Nc5ccn(C)n5)n4)n3)n(C)n2)C1=O. The quantitative estimate of drug-likeness (QED) is 0.473. The van der Waals surface area contributed by atoms with Gasteiger partial charge >= 0.3 is 0 Å². The van der Waals surface area contributed by atoms with Crippen LogP contribution in [0.1, 0.15) is 12.1 Å². The zero-order valence-corrected chi connectivity index (χ0v) is 18.5. The number of aryl methyl sites for hydroxylation is 2. The van der Waals surface area contributed by atoms with Gasteiger partial charge in [0, 0.05) is 52.6 Å². The third-order valence-electron chi connectivity index (χ3n) is 5.70. The first-order valence-electron chi connectivity index (χ1n) is 10.4. The molecule has 0 radical (unpaired) electrons. The highest BCUT2D eigenvalue weighted by Crippen LogP contribution is 2.34. The standard InChI is InChI=1S/C22H23N9O2/c1-29-12-9-22(33,20(29)32)18-13-17(31(3)27-18)16-6-4-5-14(24-16)15-7-10-23-21(25-15)26-19-8-11-30(2)28-19/h4-8,10-11,13,33H,9,12H2,1-3H3,(H,23,25,26,28)/t22-/m1/s1. The number of pyridine rings is 1. The number of aromatic nitrogens is 7. The molecule has 0 saturated carbocycles. The van der Waals surface area contributed by atoms with Crippen LogP contribution >= 0.6 is 0 Å². The lowest BCUT2D eigenvalue weighted by Gasteiger charge is -2.17. The maximum Gasteiger partial charge on any atom is 0.260 e. The van der Waals surface area contributed by atoms with Gasteiger partial charge in [-0.15, -0.1) is 0 Å². The van der Waals surface area contributed by atoms with Crippen molar-refractivity contribution in [3.8, 4) is 22.8 Å². The molecule has 1 amide bonds. The minimum absolute atomic E-state index is 0.305. The summed E-state index contributed by atoms with van der Waals surface area (Å²) in [6.45, 7) is 0.484. The second kappa shape index (κ2) is 7.78. The van der Waals surface area contributed by atoms with Crippen molar-refractivity contribution in [2.24, 2.45) is 14.1 Å². The predicted molar refractivity (Wildman–Crippen MR) is 120 cm³/mol. The lowest BCUT2D eigenvalue weighted by Crippen LogP contribution is -2.36. The predicted octanol–water partition coefficient (Wildman–Crippen LogP) is 1.47. The highest BCUT2D eigenvalue weighted by molar-refractivity contribution is 5.88. The average Bonchev–Trinajstić information content (AvgIpc) is 3.48. The first-order chi connectivity index (χ1) is 15.8. The number of nitrogens with one attached hydrogen (secondary N) is 1. The zero-order chi connectivity index (χ0) is 23.2. The molecule has 1 atom stereocenters. The van der Waals surface area contributed by atoms with Crippen molar-refractivity contribution in [3.63, 3.8) is 0 Å². The molecule has 4 aromatic rings. The van der Waals surface area contributed by atoms with Crippen molar-refractivity contribution >= 4 is 17.7 Å². The minimum atomic E-state index is -1.61. The van der Waals surface area contributed by atoms with Crippen LogP contribution < -0.4 is 5.32 Å². The molecular weight excluding hydrogens is 422 g/mol. The Morgan fingerprint density at radius 1 is 1.03 bits per heavy atom. The number of likely N-dealkylation sites (tertiary alicyclic amines) is 1. The van der Waals surface area contributed by atoms with Gasteiger partial charge in [-0.05, 0) is 24.3 Å². The summed E-state index contributed by atoms with van der Waals surface area (Å²) in [5.74, 6) is 0.707. The Morgan fingerprint density at radius 2 is 1.82 bits per heavy atom. The number of aliphatic hydroxyl groups is 1. The van der Waals surface area contributed by atoms with Gasteiger partial charge in [-0.25, -0.2) is 15.0 Å². The summed E-state index contributed by atoms with van der Waals surface area (Å²) < 4.78 is 3.31. The van der Waals surface area contributed by atoms with Crippen LogP contribution in [0.4, 0.5) is 11.8 Å². The van der Waals surface area contributed by atoms with Crippen LogP contribution in [0.2, 0.25) is 0 Å². The smallest absolute Gasteiger partial charge is 0.260 e. The lowest BCUT2D eigenvalue weighted by molar-refractivity contribution is -0.143. The molecule has 1 aliphatic heterocycles. The maximum atomic E-state index is 12.5. The van der Waals surface area contributed by atoms with Gasteiger partial charge in [-0.1, -0.05) is 6.07 Å². The van der Waals surface area contributed by atoms with E-state index in [1.807, 2.05) is 37.5 Å². The Bertz CT molecular complexity index is 1350. The molecule has 4 aromatic heterocycles. The molecule has 0 unspecified atom stereocenters. The van der Waals surface area contributed by atoms with Gasteiger partial charge < -0.3 is 15.3 Å². The van der Waals surface area contributed by atoms with Crippen LogP contribution in [-0.4, -0.2) is 64.0 Å². The number of hydrogen-bond donors (Lipinski definition) is 2. The van der Waals surface area contributed by atoms with Crippen molar-refractivity contribution in [2.45, 2.75) is 12.0 Å². The third kappa shape index (κ3) is 3.72. The van der Waals surface area contributed by atoms with Crippen molar-refractivity contribution in [2.75, 3.05) is 18.9 Å². The molecule has 33 heavy (non-hydrogen) atoms. The van der Waals surface area contributed by atoms with Crippen LogP contribution in [0.5, 0.6) is 0 Å². The summed E-state index contributed by atoms with van der Waals surface area (Å²) in [7, 11) is 5.27. The van der Waals surface area contributed by atoms with Crippen LogP contribution in [0.15, 0.2) is 48.8 Å². The number of carbonyl (C=O) groups is 1. The molecule has 0 aromatic carbocycles. The van der Waals surface area contributed by atoms with E-state index in [4.69, 9.17) is 4.98 Å². The highest BCUT2D eigenvalue weighted by atomic mass is 16.3. The van der Waals surface area contributed by atoms with E-state index in [2.05, 4.69) is 25.5 Å². The van der Waals surface area contributed by atoms with E-state index in [1.165, 1.54) is 4.90 Å². The Labute approximate surface area is 189 Å². The van der Waals surface area contributed by atoms with Gasteiger partial charge in [-0.3, -0.25) is 14.2 Å². The fourth-order valence-electron chi connectivity index (χ4n) is 3.88. The minimum Gasteiger partial charge on any atom is -0.374 e. The molecule has 2 N–H and O–H groups in total. The number of carbonyl (C=O) groups excluding carboxylic acids is 1. The molecule has 0 spiro atoms. The molecule has 5 rings (SSSR count). The second-order valence-corrected chi connectivity index (χ2v) is 8.05. The monoisotopic (exact) mass is 445 g/mol. The van der Waals surface area contributed by atoms with E-state index in [1.54, 1.807) is 41.8 Å².